The molecule has 4 aromatic rings. The number of halogens is 3. The van der Waals surface area contributed by atoms with Gasteiger partial charge in [0.25, 0.3) is 0 Å². The number of ether oxygens (including phenoxy) is 1. The van der Waals surface area contributed by atoms with Gasteiger partial charge in [0.15, 0.2) is 0 Å². The van der Waals surface area contributed by atoms with Gasteiger partial charge in [-0.25, -0.2) is 4.98 Å². The molecule has 0 saturated carbocycles. The Balaban J connectivity index is 1.49. The van der Waals surface area contributed by atoms with Gasteiger partial charge in [0, 0.05) is 41.4 Å². The van der Waals surface area contributed by atoms with Crippen LogP contribution in [0.3, 0.4) is 0 Å². The minimum atomic E-state index is -4.43. The minimum Gasteiger partial charge on any atom is -0.493 e. The summed E-state index contributed by atoms with van der Waals surface area (Å²) in [6.07, 6.45) is -0.411. The standard InChI is InChI=1S/C26H23F3N4OS/c1-16-7-10-30-25(13-16)32-35-18-4-6-21-20(9-12-34-24(21)15-18)19-5-3-17(26(27,28)29)14-22(19)23-8-11-31-33(23)2/h3-8,10-11,13-15,20H,9,12H2,1-2H3,(H,30,32). The molecule has 1 atom stereocenters. The molecule has 2 aromatic heterocycles. The van der Waals surface area contributed by atoms with E-state index in [-0.39, 0.29) is 5.92 Å². The van der Waals surface area contributed by atoms with E-state index in [1.165, 1.54) is 18.0 Å². The van der Waals surface area contributed by atoms with Crippen LogP contribution in [0.1, 0.15) is 34.6 Å². The lowest BCUT2D eigenvalue weighted by Gasteiger charge is -2.28. The first-order valence-corrected chi connectivity index (χ1v) is 11.9. The van der Waals surface area contributed by atoms with Crippen molar-refractivity contribution in [1.82, 2.24) is 14.8 Å². The fraction of sp³-hybridized carbons (Fsp3) is 0.231. The summed E-state index contributed by atoms with van der Waals surface area (Å²) >= 11 is 1.43. The number of rotatable bonds is 5. The van der Waals surface area contributed by atoms with Crippen LogP contribution < -0.4 is 9.46 Å². The van der Waals surface area contributed by atoms with Crippen molar-refractivity contribution in [2.24, 2.45) is 7.05 Å². The molecule has 1 aliphatic heterocycles. The third-order valence-electron chi connectivity index (χ3n) is 6.07. The van der Waals surface area contributed by atoms with E-state index in [0.717, 1.165) is 39.2 Å². The van der Waals surface area contributed by atoms with E-state index in [4.69, 9.17) is 4.74 Å². The molecule has 1 unspecified atom stereocenters. The Morgan fingerprint density at radius 2 is 1.86 bits per heavy atom. The zero-order valence-electron chi connectivity index (χ0n) is 19.1. The number of hydrogen-bond donors (Lipinski definition) is 1. The molecule has 0 aliphatic carbocycles. The quantitative estimate of drug-likeness (QED) is 0.307. The molecule has 1 N–H and O–H groups in total. The average Bonchev–Trinajstić information content (AvgIpc) is 3.27. The highest BCUT2D eigenvalue weighted by atomic mass is 32.2. The normalized spacial score (nSPS) is 15.4. The van der Waals surface area contributed by atoms with Crippen molar-refractivity contribution >= 4 is 17.8 Å². The molecule has 5 rings (SSSR count). The molecule has 35 heavy (non-hydrogen) atoms. The van der Waals surface area contributed by atoms with Gasteiger partial charge in [-0.1, -0.05) is 12.1 Å². The van der Waals surface area contributed by atoms with Crippen LogP contribution in [0.4, 0.5) is 19.0 Å². The van der Waals surface area contributed by atoms with Crippen molar-refractivity contribution < 1.29 is 17.9 Å². The van der Waals surface area contributed by atoms with E-state index in [9.17, 15) is 13.2 Å². The molecular weight excluding hydrogens is 473 g/mol. The highest BCUT2D eigenvalue weighted by molar-refractivity contribution is 8.00. The Labute approximate surface area is 205 Å². The van der Waals surface area contributed by atoms with Crippen molar-refractivity contribution in [3.05, 3.63) is 89.2 Å². The molecule has 0 amide bonds. The zero-order valence-corrected chi connectivity index (χ0v) is 20.0. The number of pyridine rings is 1. The Hall–Kier alpha value is -3.46. The van der Waals surface area contributed by atoms with Crippen LogP contribution in [0.5, 0.6) is 5.75 Å². The maximum Gasteiger partial charge on any atom is 0.416 e. The lowest BCUT2D eigenvalue weighted by Crippen LogP contribution is -2.17. The first kappa shape index (κ1) is 23.3. The molecular formula is C26H23F3N4OS. The van der Waals surface area contributed by atoms with Gasteiger partial charge < -0.3 is 9.46 Å². The van der Waals surface area contributed by atoms with E-state index in [2.05, 4.69) is 14.8 Å². The Bertz CT molecular complexity index is 1370. The lowest BCUT2D eigenvalue weighted by atomic mass is 9.83. The number of alkyl halides is 3. The summed E-state index contributed by atoms with van der Waals surface area (Å²) in [7, 11) is 1.73. The van der Waals surface area contributed by atoms with Crippen LogP contribution in [-0.4, -0.2) is 21.4 Å². The van der Waals surface area contributed by atoms with Gasteiger partial charge in [-0.15, -0.1) is 0 Å². The number of hydrogen-bond acceptors (Lipinski definition) is 5. The average molecular weight is 497 g/mol. The van der Waals surface area contributed by atoms with E-state index >= 15 is 0 Å². The van der Waals surface area contributed by atoms with E-state index < -0.39 is 11.7 Å². The monoisotopic (exact) mass is 496 g/mol. The second-order valence-corrected chi connectivity index (χ2v) is 9.33. The maximum absolute atomic E-state index is 13.5. The number of anilines is 1. The van der Waals surface area contributed by atoms with Gasteiger partial charge in [-0.05, 0) is 78.9 Å². The molecule has 180 valence electrons. The molecule has 0 radical (unpaired) electrons. The van der Waals surface area contributed by atoms with Crippen LogP contribution in [0.25, 0.3) is 11.3 Å². The zero-order chi connectivity index (χ0) is 24.6. The highest BCUT2D eigenvalue weighted by Crippen LogP contribution is 2.44. The smallest absolute Gasteiger partial charge is 0.416 e. The van der Waals surface area contributed by atoms with Crippen LogP contribution >= 0.6 is 11.9 Å². The van der Waals surface area contributed by atoms with Crippen molar-refractivity contribution in [2.45, 2.75) is 30.3 Å². The number of fused-ring (bicyclic) bond motifs is 1. The highest BCUT2D eigenvalue weighted by Gasteiger charge is 2.33. The van der Waals surface area contributed by atoms with Crippen molar-refractivity contribution in [1.29, 1.82) is 0 Å². The molecule has 0 bridgehead atoms. The summed E-state index contributed by atoms with van der Waals surface area (Å²) in [5.74, 6) is 1.40. The fourth-order valence-electron chi connectivity index (χ4n) is 4.36. The number of nitrogens with zero attached hydrogens (tertiary/aromatic N) is 3. The third kappa shape index (κ3) is 4.86. The van der Waals surface area contributed by atoms with E-state index in [1.54, 1.807) is 36.3 Å². The Kier molecular flexibility index (Phi) is 6.19. The van der Waals surface area contributed by atoms with Gasteiger partial charge in [0.05, 0.1) is 17.9 Å². The summed E-state index contributed by atoms with van der Waals surface area (Å²) in [5.41, 5.74) is 3.39. The van der Waals surface area contributed by atoms with Gasteiger partial charge in [-0.2, -0.15) is 18.3 Å². The second-order valence-electron chi connectivity index (χ2n) is 8.45. The van der Waals surface area contributed by atoms with Crippen molar-refractivity contribution in [3.8, 4) is 17.0 Å². The molecule has 2 aromatic carbocycles. The molecule has 3 heterocycles. The first-order valence-electron chi connectivity index (χ1n) is 11.1. The summed E-state index contributed by atoms with van der Waals surface area (Å²) in [6, 6.07) is 15.6. The predicted molar refractivity (Wildman–Crippen MR) is 130 cm³/mol. The SMILES string of the molecule is Cc1ccnc(NSc2ccc3c(c2)OCCC3c2ccc(C(F)(F)F)cc2-c2ccnn2C)c1. The number of aromatic nitrogens is 3. The Morgan fingerprint density at radius 3 is 2.60 bits per heavy atom. The summed E-state index contributed by atoms with van der Waals surface area (Å²) in [4.78, 5) is 5.26. The van der Waals surface area contributed by atoms with Crippen LogP contribution in [0.15, 0.2) is 71.9 Å². The van der Waals surface area contributed by atoms with Gasteiger partial charge in [0.1, 0.15) is 11.6 Å². The minimum absolute atomic E-state index is 0.101. The summed E-state index contributed by atoms with van der Waals surface area (Å²) < 4.78 is 51.4. The summed E-state index contributed by atoms with van der Waals surface area (Å²) in [6.45, 7) is 2.48. The largest absolute Gasteiger partial charge is 0.493 e. The predicted octanol–water partition coefficient (Wildman–Crippen LogP) is 6.84. The summed E-state index contributed by atoms with van der Waals surface area (Å²) in [5, 5.41) is 4.17. The molecule has 1 aliphatic rings. The van der Waals surface area contributed by atoms with E-state index in [1.807, 2.05) is 37.3 Å². The van der Waals surface area contributed by atoms with Crippen LogP contribution in [0, 0.1) is 6.92 Å². The van der Waals surface area contributed by atoms with Crippen LogP contribution in [0.2, 0.25) is 0 Å². The van der Waals surface area contributed by atoms with E-state index in [0.29, 0.717) is 24.3 Å². The molecule has 5 nitrogen and oxygen atoms in total. The fourth-order valence-corrected chi connectivity index (χ4v) is 4.99. The van der Waals surface area contributed by atoms with Gasteiger partial charge in [-0.3, -0.25) is 4.68 Å². The Morgan fingerprint density at radius 1 is 1.03 bits per heavy atom. The molecule has 0 fully saturated rings. The maximum atomic E-state index is 13.5. The second kappa shape index (κ2) is 9.30. The van der Waals surface area contributed by atoms with Crippen molar-refractivity contribution in [2.75, 3.05) is 11.3 Å². The van der Waals surface area contributed by atoms with Gasteiger partial charge >= 0.3 is 6.18 Å². The van der Waals surface area contributed by atoms with Gasteiger partial charge in [0.2, 0.25) is 0 Å². The topological polar surface area (TPSA) is 52.0 Å². The number of nitrogens with one attached hydrogen (secondary N) is 1. The number of aryl methyl sites for hydroxylation is 2. The third-order valence-corrected chi connectivity index (χ3v) is 6.87. The number of benzene rings is 2. The molecule has 9 heteroatoms. The van der Waals surface area contributed by atoms with Crippen molar-refractivity contribution in [3.63, 3.8) is 0 Å². The molecule has 0 spiro atoms. The molecule has 0 saturated heterocycles. The van der Waals surface area contributed by atoms with Crippen LogP contribution in [-0.2, 0) is 13.2 Å². The lowest BCUT2D eigenvalue weighted by molar-refractivity contribution is -0.137. The first-order chi connectivity index (χ1) is 16.8.